The predicted octanol–water partition coefficient (Wildman–Crippen LogP) is 0.954. The SMILES string of the molecule is CCOC(=O)C(C(=O)OCC)C(C)CC=O. The Labute approximate surface area is 95.1 Å². The van der Waals surface area contributed by atoms with Crippen LogP contribution in [0.15, 0.2) is 0 Å². The molecule has 0 saturated carbocycles. The van der Waals surface area contributed by atoms with E-state index in [0.29, 0.717) is 6.29 Å². The molecule has 0 rings (SSSR count). The first-order valence-corrected chi connectivity index (χ1v) is 5.35. The minimum Gasteiger partial charge on any atom is -0.465 e. The quantitative estimate of drug-likeness (QED) is 0.370. The molecule has 0 N–H and O–H groups in total. The molecule has 0 saturated heterocycles. The monoisotopic (exact) mass is 230 g/mol. The summed E-state index contributed by atoms with van der Waals surface area (Å²) in [5.41, 5.74) is 0. The highest BCUT2D eigenvalue weighted by Crippen LogP contribution is 2.18. The Balaban J connectivity index is 4.66. The minimum atomic E-state index is -1.01. The summed E-state index contributed by atoms with van der Waals surface area (Å²) in [5, 5.41) is 0. The molecule has 92 valence electrons. The molecule has 5 heteroatoms. The summed E-state index contributed by atoms with van der Waals surface area (Å²) in [5.74, 6) is -2.67. The van der Waals surface area contributed by atoms with Crippen LogP contribution >= 0.6 is 0 Å². The third kappa shape index (κ3) is 4.42. The van der Waals surface area contributed by atoms with Crippen LogP contribution in [0, 0.1) is 11.8 Å². The van der Waals surface area contributed by atoms with E-state index in [1.165, 1.54) is 0 Å². The highest BCUT2D eigenvalue weighted by Gasteiger charge is 2.34. The summed E-state index contributed by atoms with van der Waals surface area (Å²) in [4.78, 5) is 33.5. The molecule has 0 radical (unpaired) electrons. The Bertz CT molecular complexity index is 231. The van der Waals surface area contributed by atoms with Crippen molar-refractivity contribution < 1.29 is 23.9 Å². The second kappa shape index (κ2) is 7.84. The van der Waals surface area contributed by atoms with Crippen LogP contribution in [0.3, 0.4) is 0 Å². The number of carbonyl (C=O) groups is 3. The van der Waals surface area contributed by atoms with Crippen molar-refractivity contribution in [2.24, 2.45) is 11.8 Å². The van der Waals surface area contributed by atoms with Crippen molar-refractivity contribution in [2.75, 3.05) is 13.2 Å². The second-order valence-electron chi connectivity index (χ2n) is 3.36. The van der Waals surface area contributed by atoms with Crippen molar-refractivity contribution in [3.63, 3.8) is 0 Å². The zero-order chi connectivity index (χ0) is 12.6. The van der Waals surface area contributed by atoms with Gasteiger partial charge in [0.05, 0.1) is 13.2 Å². The van der Waals surface area contributed by atoms with Gasteiger partial charge in [0.2, 0.25) is 0 Å². The van der Waals surface area contributed by atoms with E-state index in [4.69, 9.17) is 9.47 Å². The molecule has 0 aliphatic carbocycles. The average Bonchev–Trinajstić information content (AvgIpc) is 2.19. The van der Waals surface area contributed by atoms with E-state index in [0.717, 1.165) is 0 Å². The molecule has 0 aliphatic rings. The fourth-order valence-electron chi connectivity index (χ4n) is 1.31. The van der Waals surface area contributed by atoms with Crippen molar-refractivity contribution >= 4 is 18.2 Å². The largest absolute Gasteiger partial charge is 0.465 e. The molecular formula is C11H18O5. The predicted molar refractivity (Wildman–Crippen MR) is 56.6 cm³/mol. The van der Waals surface area contributed by atoms with E-state index in [1.54, 1.807) is 20.8 Å². The number of hydrogen-bond donors (Lipinski definition) is 0. The van der Waals surface area contributed by atoms with Crippen LogP contribution in [-0.4, -0.2) is 31.4 Å². The molecule has 0 bridgehead atoms. The van der Waals surface area contributed by atoms with Gasteiger partial charge in [0.15, 0.2) is 5.92 Å². The van der Waals surface area contributed by atoms with Gasteiger partial charge in [-0.1, -0.05) is 6.92 Å². The second-order valence-corrected chi connectivity index (χ2v) is 3.36. The van der Waals surface area contributed by atoms with Gasteiger partial charge in [-0.25, -0.2) is 0 Å². The van der Waals surface area contributed by atoms with Crippen LogP contribution in [0.25, 0.3) is 0 Å². The molecule has 0 aliphatic heterocycles. The van der Waals surface area contributed by atoms with Gasteiger partial charge >= 0.3 is 11.9 Å². The molecule has 5 nitrogen and oxygen atoms in total. The molecule has 1 atom stereocenters. The Morgan fingerprint density at radius 3 is 1.88 bits per heavy atom. The summed E-state index contributed by atoms with van der Waals surface area (Å²) in [6.07, 6.45) is 0.804. The first kappa shape index (κ1) is 14.6. The van der Waals surface area contributed by atoms with Gasteiger partial charge in [0.1, 0.15) is 6.29 Å². The lowest BCUT2D eigenvalue weighted by Gasteiger charge is -2.18. The Morgan fingerprint density at radius 2 is 1.56 bits per heavy atom. The Morgan fingerprint density at radius 1 is 1.12 bits per heavy atom. The van der Waals surface area contributed by atoms with Gasteiger partial charge < -0.3 is 14.3 Å². The van der Waals surface area contributed by atoms with Crippen LogP contribution in [0.2, 0.25) is 0 Å². The van der Waals surface area contributed by atoms with Gasteiger partial charge in [-0.2, -0.15) is 0 Å². The summed E-state index contributed by atoms with van der Waals surface area (Å²) < 4.78 is 9.57. The van der Waals surface area contributed by atoms with Crippen LogP contribution in [0.1, 0.15) is 27.2 Å². The van der Waals surface area contributed by atoms with Crippen LogP contribution in [0.4, 0.5) is 0 Å². The maximum Gasteiger partial charge on any atom is 0.320 e. The van der Waals surface area contributed by atoms with E-state index in [9.17, 15) is 14.4 Å². The summed E-state index contributed by atoms with van der Waals surface area (Å²) in [7, 11) is 0. The molecule has 0 aromatic carbocycles. The third-order valence-corrected chi connectivity index (χ3v) is 2.12. The standard InChI is InChI=1S/C11H18O5/c1-4-15-10(13)9(8(3)6-7-12)11(14)16-5-2/h7-9H,4-6H2,1-3H3. The van der Waals surface area contributed by atoms with Crippen molar-refractivity contribution in [3.05, 3.63) is 0 Å². The van der Waals surface area contributed by atoms with Gasteiger partial charge in [0.25, 0.3) is 0 Å². The molecule has 0 heterocycles. The zero-order valence-electron chi connectivity index (χ0n) is 9.89. The van der Waals surface area contributed by atoms with Gasteiger partial charge in [-0.15, -0.1) is 0 Å². The van der Waals surface area contributed by atoms with Crippen molar-refractivity contribution in [3.8, 4) is 0 Å². The van der Waals surface area contributed by atoms with E-state index in [2.05, 4.69) is 0 Å². The average molecular weight is 230 g/mol. The molecule has 0 aromatic rings. The van der Waals surface area contributed by atoms with E-state index in [1.807, 2.05) is 0 Å². The highest BCUT2D eigenvalue weighted by molar-refractivity contribution is 5.95. The first-order chi connectivity index (χ1) is 7.58. The molecule has 0 aromatic heterocycles. The van der Waals surface area contributed by atoms with Crippen molar-refractivity contribution in [1.29, 1.82) is 0 Å². The lowest BCUT2D eigenvalue weighted by molar-refractivity contribution is -0.164. The van der Waals surface area contributed by atoms with Gasteiger partial charge in [-0.3, -0.25) is 9.59 Å². The molecule has 16 heavy (non-hydrogen) atoms. The number of ether oxygens (including phenoxy) is 2. The van der Waals surface area contributed by atoms with Crippen molar-refractivity contribution in [2.45, 2.75) is 27.2 Å². The number of carbonyl (C=O) groups excluding carboxylic acids is 3. The lowest BCUT2D eigenvalue weighted by atomic mass is 9.92. The van der Waals surface area contributed by atoms with Crippen LogP contribution < -0.4 is 0 Å². The Kier molecular flexibility index (Phi) is 7.16. The molecule has 0 fully saturated rings. The maximum absolute atomic E-state index is 11.5. The van der Waals surface area contributed by atoms with Gasteiger partial charge in [-0.05, 0) is 19.8 Å². The summed E-state index contributed by atoms with van der Waals surface area (Å²) in [6, 6.07) is 0. The topological polar surface area (TPSA) is 69.7 Å². The smallest absolute Gasteiger partial charge is 0.320 e. The molecule has 0 spiro atoms. The van der Waals surface area contributed by atoms with E-state index < -0.39 is 23.8 Å². The number of aldehydes is 1. The van der Waals surface area contributed by atoms with Crippen molar-refractivity contribution in [1.82, 2.24) is 0 Å². The van der Waals surface area contributed by atoms with E-state index in [-0.39, 0.29) is 19.6 Å². The van der Waals surface area contributed by atoms with Gasteiger partial charge in [0, 0.05) is 6.42 Å². The normalized spacial score (nSPS) is 12.0. The van der Waals surface area contributed by atoms with E-state index >= 15 is 0 Å². The number of esters is 2. The highest BCUT2D eigenvalue weighted by atomic mass is 16.6. The molecule has 0 amide bonds. The summed E-state index contributed by atoms with van der Waals surface area (Å²) >= 11 is 0. The molecular weight excluding hydrogens is 212 g/mol. The maximum atomic E-state index is 11.5. The zero-order valence-corrected chi connectivity index (χ0v) is 9.89. The first-order valence-electron chi connectivity index (χ1n) is 5.35. The number of rotatable bonds is 7. The molecule has 1 unspecified atom stereocenters. The third-order valence-electron chi connectivity index (χ3n) is 2.12. The fraction of sp³-hybridized carbons (Fsp3) is 0.727. The van der Waals surface area contributed by atoms with Crippen LogP contribution in [0.5, 0.6) is 0 Å². The minimum absolute atomic E-state index is 0.127. The van der Waals surface area contributed by atoms with Crippen LogP contribution in [-0.2, 0) is 23.9 Å². The lowest BCUT2D eigenvalue weighted by Crippen LogP contribution is -2.33. The fourth-order valence-corrected chi connectivity index (χ4v) is 1.31. The summed E-state index contributed by atoms with van der Waals surface area (Å²) in [6.45, 7) is 5.35. The number of hydrogen-bond acceptors (Lipinski definition) is 5. The Hall–Kier alpha value is -1.39.